The van der Waals surface area contributed by atoms with Crippen LogP contribution in [0.5, 0.6) is 5.75 Å². The minimum atomic E-state index is -0.380. The van der Waals surface area contributed by atoms with Crippen LogP contribution < -0.4 is 10.6 Å². The van der Waals surface area contributed by atoms with Gasteiger partial charge in [-0.15, -0.1) is 0 Å². The topological polar surface area (TPSA) is 87.1 Å². The molecule has 6 nitrogen and oxygen atoms in total. The second-order valence-corrected chi connectivity index (χ2v) is 6.67. The van der Waals surface area contributed by atoms with Gasteiger partial charge in [-0.3, -0.25) is 14.8 Å². The van der Waals surface area contributed by atoms with E-state index in [1.165, 1.54) is 6.92 Å². The number of hydrogen-bond donors (Lipinski definition) is 3. The van der Waals surface area contributed by atoms with Gasteiger partial charge in [0, 0.05) is 41.6 Å². The lowest BCUT2D eigenvalue weighted by Gasteiger charge is -2.22. The summed E-state index contributed by atoms with van der Waals surface area (Å²) < 4.78 is 0. The molecular formula is C23H20N4O2. The summed E-state index contributed by atoms with van der Waals surface area (Å²) in [5.74, 6) is 0.00627. The molecule has 4 aromatic rings. The molecular weight excluding hydrogens is 364 g/mol. The number of carbonyl (C=O) groups is 1. The molecule has 0 saturated heterocycles. The molecule has 0 fully saturated rings. The Morgan fingerprint density at radius 2 is 1.66 bits per heavy atom. The fourth-order valence-electron chi connectivity index (χ4n) is 3.26. The Kier molecular flexibility index (Phi) is 5.07. The number of fused-ring (bicyclic) bond motifs is 1. The first kappa shape index (κ1) is 18.4. The molecule has 2 aromatic heterocycles. The minimum Gasteiger partial charge on any atom is -0.505 e. The number of anilines is 2. The normalized spacial score (nSPS) is 11.8. The Hall–Kier alpha value is -3.93. The van der Waals surface area contributed by atoms with E-state index in [0.29, 0.717) is 11.1 Å². The van der Waals surface area contributed by atoms with E-state index in [1.807, 2.05) is 66.7 Å². The number of carbonyl (C=O) groups excluding carboxylic acids is 1. The smallest absolute Gasteiger partial charge is 0.221 e. The Bertz CT molecular complexity index is 1140. The van der Waals surface area contributed by atoms with Gasteiger partial charge in [0.15, 0.2) is 0 Å². The van der Waals surface area contributed by atoms with Gasteiger partial charge in [0.2, 0.25) is 5.91 Å². The van der Waals surface area contributed by atoms with Gasteiger partial charge < -0.3 is 15.7 Å². The fourth-order valence-corrected chi connectivity index (χ4v) is 3.26. The number of aromatic hydroxyl groups is 1. The number of amides is 1. The van der Waals surface area contributed by atoms with Crippen LogP contribution in [0.25, 0.3) is 10.9 Å². The number of benzene rings is 2. The van der Waals surface area contributed by atoms with Crippen molar-refractivity contribution in [3.8, 4) is 5.75 Å². The molecule has 4 rings (SSSR count). The lowest BCUT2D eigenvalue weighted by Crippen LogP contribution is -2.14. The zero-order valence-corrected chi connectivity index (χ0v) is 15.8. The van der Waals surface area contributed by atoms with Crippen molar-refractivity contribution in [3.05, 3.63) is 90.4 Å². The zero-order chi connectivity index (χ0) is 20.2. The molecule has 0 radical (unpaired) electrons. The van der Waals surface area contributed by atoms with E-state index >= 15 is 0 Å². The predicted molar refractivity (Wildman–Crippen MR) is 114 cm³/mol. The highest BCUT2D eigenvalue weighted by Gasteiger charge is 2.21. The van der Waals surface area contributed by atoms with Gasteiger partial charge in [0.05, 0.1) is 11.7 Å². The SMILES string of the molecule is CC(=O)Nc1ccc(N[C@H](c2ccccn2)c2ccc3cccnc3c2O)cc1. The van der Waals surface area contributed by atoms with Crippen LogP contribution in [0.15, 0.2) is 79.1 Å². The number of hydrogen-bond acceptors (Lipinski definition) is 5. The van der Waals surface area contributed by atoms with Crippen molar-refractivity contribution in [3.63, 3.8) is 0 Å². The predicted octanol–water partition coefficient (Wildman–Crippen LogP) is 4.50. The maximum atomic E-state index is 11.2. The number of phenols is 1. The minimum absolute atomic E-state index is 0.120. The van der Waals surface area contributed by atoms with E-state index in [0.717, 1.165) is 22.5 Å². The van der Waals surface area contributed by atoms with Crippen molar-refractivity contribution < 1.29 is 9.90 Å². The summed E-state index contributed by atoms with van der Waals surface area (Å²) in [4.78, 5) is 20.0. The van der Waals surface area contributed by atoms with Gasteiger partial charge in [0.25, 0.3) is 0 Å². The van der Waals surface area contributed by atoms with Crippen molar-refractivity contribution >= 4 is 28.2 Å². The van der Waals surface area contributed by atoms with Crippen LogP contribution in [0, 0.1) is 0 Å². The molecule has 0 aliphatic heterocycles. The van der Waals surface area contributed by atoms with Crippen LogP contribution in [0.3, 0.4) is 0 Å². The lowest BCUT2D eigenvalue weighted by atomic mass is 9.99. The molecule has 29 heavy (non-hydrogen) atoms. The van der Waals surface area contributed by atoms with Gasteiger partial charge in [0.1, 0.15) is 11.3 Å². The van der Waals surface area contributed by atoms with Crippen LogP contribution in [-0.2, 0) is 4.79 Å². The molecule has 6 heteroatoms. The van der Waals surface area contributed by atoms with E-state index in [4.69, 9.17) is 0 Å². The highest BCUT2D eigenvalue weighted by molar-refractivity contribution is 5.89. The Morgan fingerprint density at radius 1 is 0.897 bits per heavy atom. The molecule has 1 atom stereocenters. The van der Waals surface area contributed by atoms with Gasteiger partial charge >= 0.3 is 0 Å². The van der Waals surface area contributed by atoms with Gasteiger partial charge in [-0.1, -0.05) is 24.3 Å². The Morgan fingerprint density at radius 3 is 2.38 bits per heavy atom. The lowest BCUT2D eigenvalue weighted by molar-refractivity contribution is -0.114. The summed E-state index contributed by atoms with van der Waals surface area (Å²) in [5.41, 5.74) is 3.55. The highest BCUT2D eigenvalue weighted by Crippen LogP contribution is 2.35. The molecule has 144 valence electrons. The molecule has 1 amide bonds. The largest absolute Gasteiger partial charge is 0.505 e. The van der Waals surface area contributed by atoms with Crippen molar-refractivity contribution in [2.75, 3.05) is 10.6 Å². The van der Waals surface area contributed by atoms with Crippen molar-refractivity contribution in [1.29, 1.82) is 0 Å². The maximum absolute atomic E-state index is 11.2. The first-order valence-electron chi connectivity index (χ1n) is 9.23. The molecule has 0 spiro atoms. The van der Waals surface area contributed by atoms with Crippen molar-refractivity contribution in [2.45, 2.75) is 13.0 Å². The maximum Gasteiger partial charge on any atom is 0.221 e. The fraction of sp³-hybridized carbons (Fsp3) is 0.0870. The number of rotatable bonds is 5. The van der Waals surface area contributed by atoms with Crippen LogP contribution in [0.2, 0.25) is 0 Å². The number of nitrogens with one attached hydrogen (secondary N) is 2. The average molecular weight is 384 g/mol. The summed E-state index contributed by atoms with van der Waals surface area (Å²) in [6, 6.07) is 20.3. The molecule has 0 saturated carbocycles. The Labute approximate surface area is 168 Å². The first-order chi connectivity index (χ1) is 14.1. The van der Waals surface area contributed by atoms with Crippen molar-refractivity contribution in [1.82, 2.24) is 9.97 Å². The molecule has 2 aromatic carbocycles. The van der Waals surface area contributed by atoms with Crippen LogP contribution in [0.4, 0.5) is 11.4 Å². The third-order valence-corrected chi connectivity index (χ3v) is 4.59. The molecule has 0 unspecified atom stereocenters. The third-order valence-electron chi connectivity index (χ3n) is 4.59. The van der Waals surface area contributed by atoms with Crippen LogP contribution >= 0.6 is 0 Å². The number of nitrogens with zero attached hydrogens (tertiary/aromatic N) is 2. The molecule has 0 aliphatic rings. The van der Waals surface area contributed by atoms with Crippen LogP contribution in [0.1, 0.15) is 24.2 Å². The second kappa shape index (κ2) is 7.98. The Balaban J connectivity index is 1.73. The number of phenolic OH excluding ortho intramolecular Hbond substituents is 1. The average Bonchev–Trinajstić information content (AvgIpc) is 2.74. The quantitative estimate of drug-likeness (QED) is 0.472. The van der Waals surface area contributed by atoms with Gasteiger partial charge in [-0.25, -0.2) is 0 Å². The zero-order valence-electron chi connectivity index (χ0n) is 15.8. The summed E-state index contributed by atoms with van der Waals surface area (Å²) in [5, 5.41) is 18.0. The van der Waals surface area contributed by atoms with E-state index in [2.05, 4.69) is 20.6 Å². The van der Waals surface area contributed by atoms with E-state index in [9.17, 15) is 9.90 Å². The van der Waals surface area contributed by atoms with Crippen molar-refractivity contribution in [2.24, 2.45) is 0 Å². The molecule has 0 bridgehead atoms. The highest BCUT2D eigenvalue weighted by atomic mass is 16.3. The standard InChI is InChI=1S/C23H20N4O2/c1-15(28)26-17-8-10-18(11-9-17)27-22(20-6-2-3-13-24-20)19-12-7-16-5-4-14-25-21(16)23(19)29/h2-14,22,27,29H,1H3,(H,26,28)/t22-/m0/s1. The van der Waals surface area contributed by atoms with E-state index in [1.54, 1.807) is 12.4 Å². The van der Waals surface area contributed by atoms with Gasteiger partial charge in [-0.2, -0.15) is 0 Å². The number of pyridine rings is 2. The van der Waals surface area contributed by atoms with E-state index < -0.39 is 0 Å². The van der Waals surface area contributed by atoms with E-state index in [-0.39, 0.29) is 17.7 Å². The van der Waals surface area contributed by atoms with Crippen LogP contribution in [-0.4, -0.2) is 21.0 Å². The molecule has 3 N–H and O–H groups in total. The first-order valence-corrected chi connectivity index (χ1v) is 9.23. The summed E-state index contributed by atoms with van der Waals surface area (Å²) in [6.07, 6.45) is 3.38. The summed E-state index contributed by atoms with van der Waals surface area (Å²) in [6.45, 7) is 1.47. The summed E-state index contributed by atoms with van der Waals surface area (Å²) in [7, 11) is 0. The summed E-state index contributed by atoms with van der Waals surface area (Å²) >= 11 is 0. The monoisotopic (exact) mass is 384 g/mol. The number of aromatic nitrogens is 2. The second-order valence-electron chi connectivity index (χ2n) is 6.67. The van der Waals surface area contributed by atoms with Gasteiger partial charge in [-0.05, 0) is 42.5 Å². The third kappa shape index (κ3) is 4.01. The molecule has 0 aliphatic carbocycles. The molecule has 2 heterocycles.